The van der Waals surface area contributed by atoms with Crippen LogP contribution in [0.5, 0.6) is 5.88 Å². The van der Waals surface area contributed by atoms with Gasteiger partial charge in [-0.2, -0.15) is 5.10 Å². The Morgan fingerprint density at radius 3 is 2.48 bits per heavy atom. The summed E-state index contributed by atoms with van der Waals surface area (Å²) >= 11 is 0. The Labute approximate surface area is 156 Å². The van der Waals surface area contributed by atoms with E-state index in [1.807, 2.05) is 29.3 Å². The second-order valence-electron chi connectivity index (χ2n) is 6.07. The molecule has 0 radical (unpaired) electrons. The highest BCUT2D eigenvalue weighted by atomic mass is 16.5. The van der Waals surface area contributed by atoms with Crippen LogP contribution in [-0.4, -0.2) is 69.1 Å². The minimum Gasteiger partial charge on any atom is -0.481 e. The molecule has 138 valence electrons. The monoisotopic (exact) mass is 365 g/mol. The fourth-order valence-corrected chi connectivity index (χ4v) is 2.99. The van der Waals surface area contributed by atoms with Gasteiger partial charge in [0.2, 0.25) is 5.88 Å². The Hall–Kier alpha value is -3.49. The van der Waals surface area contributed by atoms with Crippen molar-refractivity contribution in [2.75, 3.05) is 38.2 Å². The van der Waals surface area contributed by atoms with E-state index < -0.39 is 0 Å². The molecule has 1 aliphatic heterocycles. The maximum atomic E-state index is 12.7. The van der Waals surface area contributed by atoms with Gasteiger partial charge in [0.1, 0.15) is 0 Å². The van der Waals surface area contributed by atoms with E-state index in [0.717, 1.165) is 5.82 Å². The summed E-state index contributed by atoms with van der Waals surface area (Å²) < 4.78 is 6.76. The van der Waals surface area contributed by atoms with Crippen molar-refractivity contribution in [3.8, 4) is 11.7 Å². The molecule has 0 saturated carbocycles. The molecule has 0 aromatic carbocycles. The normalized spacial score (nSPS) is 14.3. The summed E-state index contributed by atoms with van der Waals surface area (Å²) in [6.45, 7) is 2.63. The zero-order valence-corrected chi connectivity index (χ0v) is 14.9. The van der Waals surface area contributed by atoms with Crippen molar-refractivity contribution >= 4 is 11.7 Å². The average Bonchev–Trinajstić information content (AvgIpc) is 3.28. The van der Waals surface area contributed by atoms with E-state index in [-0.39, 0.29) is 5.91 Å². The maximum Gasteiger partial charge on any atom is 0.254 e. The molecule has 4 heterocycles. The average molecular weight is 365 g/mol. The van der Waals surface area contributed by atoms with Crippen molar-refractivity contribution in [1.82, 2.24) is 29.9 Å². The molecule has 1 saturated heterocycles. The van der Waals surface area contributed by atoms with Gasteiger partial charge in [-0.25, -0.2) is 9.67 Å². The van der Waals surface area contributed by atoms with Crippen LogP contribution in [-0.2, 0) is 0 Å². The number of carbonyl (C=O) groups excluding carboxylic acids is 1. The third-order valence-electron chi connectivity index (χ3n) is 4.46. The molecule has 1 amide bonds. The van der Waals surface area contributed by atoms with E-state index in [1.54, 1.807) is 29.2 Å². The summed E-state index contributed by atoms with van der Waals surface area (Å²) in [5.74, 6) is 1.88. The molecule has 0 unspecified atom stereocenters. The highest BCUT2D eigenvalue weighted by Crippen LogP contribution is 2.16. The van der Waals surface area contributed by atoms with Crippen molar-refractivity contribution in [2.24, 2.45) is 0 Å². The number of pyridine rings is 1. The Bertz CT molecular complexity index is 904. The molecule has 1 fully saturated rings. The summed E-state index contributed by atoms with van der Waals surface area (Å²) in [7, 11) is 1.54. The Morgan fingerprint density at radius 2 is 1.81 bits per heavy atom. The summed E-state index contributed by atoms with van der Waals surface area (Å²) in [4.78, 5) is 20.7. The van der Waals surface area contributed by atoms with Crippen molar-refractivity contribution < 1.29 is 9.53 Å². The number of amides is 1. The fraction of sp³-hybridized carbons (Fsp3) is 0.278. The lowest BCUT2D eigenvalue weighted by Crippen LogP contribution is -2.49. The van der Waals surface area contributed by atoms with E-state index >= 15 is 0 Å². The highest BCUT2D eigenvalue weighted by molar-refractivity contribution is 5.94. The lowest BCUT2D eigenvalue weighted by molar-refractivity contribution is 0.0746. The number of carbonyl (C=O) groups is 1. The van der Waals surface area contributed by atoms with Gasteiger partial charge in [0.15, 0.2) is 11.6 Å². The summed E-state index contributed by atoms with van der Waals surface area (Å²) in [6, 6.07) is 9.01. The lowest BCUT2D eigenvalue weighted by Gasteiger charge is -2.35. The van der Waals surface area contributed by atoms with E-state index in [4.69, 9.17) is 4.74 Å². The number of hydrogen-bond acceptors (Lipinski definition) is 7. The lowest BCUT2D eigenvalue weighted by atomic mass is 10.2. The minimum atomic E-state index is -0.0181. The van der Waals surface area contributed by atoms with Crippen LogP contribution in [0.25, 0.3) is 5.82 Å². The molecule has 0 N–H and O–H groups in total. The van der Waals surface area contributed by atoms with Crippen LogP contribution in [0.1, 0.15) is 10.4 Å². The molecular formula is C18H19N7O2. The molecule has 3 aromatic heterocycles. The van der Waals surface area contributed by atoms with Gasteiger partial charge in [-0.3, -0.25) is 4.79 Å². The van der Waals surface area contributed by atoms with Crippen molar-refractivity contribution in [1.29, 1.82) is 0 Å². The van der Waals surface area contributed by atoms with Crippen LogP contribution in [0.15, 0.2) is 48.9 Å². The summed E-state index contributed by atoms with van der Waals surface area (Å²) in [5.41, 5.74) is 0.582. The number of hydrogen-bond donors (Lipinski definition) is 0. The molecule has 4 rings (SSSR count). The second-order valence-corrected chi connectivity index (χ2v) is 6.07. The molecule has 27 heavy (non-hydrogen) atoms. The standard InChI is InChI=1S/C18H19N7O2/c1-27-17-13-14(5-7-19-17)18(26)24-11-9-23(10-12-24)15-3-4-16(22-21-15)25-8-2-6-20-25/h2-8,13H,9-12H2,1H3. The first kappa shape index (κ1) is 17.0. The number of anilines is 1. The number of ether oxygens (including phenoxy) is 1. The van der Waals surface area contributed by atoms with Crippen LogP contribution in [0.2, 0.25) is 0 Å². The molecule has 9 nitrogen and oxygen atoms in total. The molecule has 0 spiro atoms. The predicted octanol–water partition coefficient (Wildman–Crippen LogP) is 1.03. The molecule has 9 heteroatoms. The SMILES string of the molecule is COc1cc(C(=O)N2CCN(c3ccc(-n4cccn4)nn3)CC2)ccn1. The molecular weight excluding hydrogens is 346 g/mol. The zero-order valence-electron chi connectivity index (χ0n) is 14.9. The number of aromatic nitrogens is 5. The quantitative estimate of drug-likeness (QED) is 0.682. The molecule has 0 atom stereocenters. The van der Waals surface area contributed by atoms with Crippen LogP contribution < -0.4 is 9.64 Å². The highest BCUT2D eigenvalue weighted by Gasteiger charge is 2.23. The first-order valence-corrected chi connectivity index (χ1v) is 8.62. The van der Waals surface area contributed by atoms with Crippen LogP contribution >= 0.6 is 0 Å². The fourth-order valence-electron chi connectivity index (χ4n) is 2.99. The smallest absolute Gasteiger partial charge is 0.254 e. The second kappa shape index (κ2) is 7.40. The van der Waals surface area contributed by atoms with E-state index in [2.05, 4.69) is 25.2 Å². The zero-order chi connectivity index (χ0) is 18.6. The third kappa shape index (κ3) is 3.57. The predicted molar refractivity (Wildman–Crippen MR) is 98.1 cm³/mol. The Balaban J connectivity index is 1.39. The molecule has 0 aliphatic carbocycles. The minimum absolute atomic E-state index is 0.0181. The Morgan fingerprint density at radius 1 is 1.04 bits per heavy atom. The van der Waals surface area contributed by atoms with Gasteiger partial charge in [-0.05, 0) is 24.3 Å². The van der Waals surface area contributed by atoms with Crippen molar-refractivity contribution in [3.05, 3.63) is 54.5 Å². The first-order valence-electron chi connectivity index (χ1n) is 8.62. The number of rotatable bonds is 4. The van der Waals surface area contributed by atoms with Crippen molar-refractivity contribution in [3.63, 3.8) is 0 Å². The summed E-state index contributed by atoms with van der Waals surface area (Å²) in [6.07, 6.45) is 5.10. The number of nitrogens with zero attached hydrogens (tertiary/aromatic N) is 7. The number of piperazine rings is 1. The van der Waals surface area contributed by atoms with E-state index in [0.29, 0.717) is 43.4 Å². The third-order valence-corrected chi connectivity index (χ3v) is 4.46. The molecule has 0 bridgehead atoms. The van der Waals surface area contributed by atoms with Gasteiger partial charge < -0.3 is 14.5 Å². The van der Waals surface area contributed by atoms with Gasteiger partial charge in [-0.15, -0.1) is 10.2 Å². The van der Waals surface area contributed by atoms with Gasteiger partial charge in [0, 0.05) is 56.4 Å². The largest absolute Gasteiger partial charge is 0.481 e. The van der Waals surface area contributed by atoms with Gasteiger partial charge in [0.25, 0.3) is 5.91 Å². The molecule has 3 aromatic rings. The van der Waals surface area contributed by atoms with Crippen LogP contribution in [0, 0.1) is 0 Å². The van der Waals surface area contributed by atoms with E-state index in [9.17, 15) is 4.79 Å². The maximum absolute atomic E-state index is 12.7. The number of methoxy groups -OCH3 is 1. The van der Waals surface area contributed by atoms with Crippen molar-refractivity contribution in [2.45, 2.75) is 0 Å². The summed E-state index contributed by atoms with van der Waals surface area (Å²) in [5, 5.41) is 12.7. The van der Waals surface area contributed by atoms with Gasteiger partial charge >= 0.3 is 0 Å². The topological polar surface area (TPSA) is 89.3 Å². The van der Waals surface area contributed by atoms with Crippen LogP contribution in [0.3, 0.4) is 0 Å². The van der Waals surface area contributed by atoms with Crippen LogP contribution in [0.4, 0.5) is 5.82 Å². The van der Waals surface area contributed by atoms with E-state index in [1.165, 1.54) is 7.11 Å². The van der Waals surface area contributed by atoms with Gasteiger partial charge in [0.05, 0.1) is 7.11 Å². The first-order chi connectivity index (χ1) is 13.2. The molecule has 1 aliphatic rings. The van der Waals surface area contributed by atoms with Gasteiger partial charge in [-0.1, -0.05) is 0 Å². The Kier molecular flexibility index (Phi) is 4.65.